The maximum atomic E-state index is 13.5. The van der Waals surface area contributed by atoms with Crippen molar-refractivity contribution in [1.82, 2.24) is 0 Å². The van der Waals surface area contributed by atoms with E-state index < -0.39 is 18.1 Å². The Labute approximate surface area is 185 Å². The fourth-order valence-electron chi connectivity index (χ4n) is 4.34. The number of methoxy groups -OCH3 is 2. The average Bonchev–Trinajstić information content (AvgIpc) is 3.35. The van der Waals surface area contributed by atoms with Crippen LogP contribution in [0.2, 0.25) is 0 Å². The number of imide groups is 1. The topological polar surface area (TPSA) is 68.3 Å². The molecule has 3 aromatic carbocycles. The van der Waals surface area contributed by atoms with E-state index in [0.717, 1.165) is 11.3 Å². The van der Waals surface area contributed by atoms with Crippen LogP contribution in [-0.4, -0.2) is 32.1 Å². The zero-order chi connectivity index (χ0) is 22.2. The Bertz CT molecular complexity index is 1130. The SMILES string of the molecule is COc1ccc([C@H]2[C@@H]3C(=O)N(c4ccccc4)C(=O)[C@H]3ON2c2ccc(OC)cc2)cc1. The number of amides is 2. The van der Waals surface area contributed by atoms with Gasteiger partial charge < -0.3 is 9.47 Å². The van der Waals surface area contributed by atoms with Gasteiger partial charge in [-0.2, -0.15) is 0 Å². The normalized spacial score (nSPS) is 22.2. The quantitative estimate of drug-likeness (QED) is 0.575. The van der Waals surface area contributed by atoms with Crippen LogP contribution < -0.4 is 19.4 Å². The highest BCUT2D eigenvalue weighted by atomic mass is 16.7. The summed E-state index contributed by atoms with van der Waals surface area (Å²) in [5.41, 5.74) is 2.13. The molecule has 2 aliphatic heterocycles. The van der Waals surface area contributed by atoms with E-state index in [4.69, 9.17) is 14.3 Å². The number of rotatable bonds is 5. The number of hydroxylamine groups is 1. The second-order valence-corrected chi connectivity index (χ2v) is 7.64. The highest BCUT2D eigenvalue weighted by Crippen LogP contribution is 2.47. The Morgan fingerprint density at radius 3 is 1.91 bits per heavy atom. The number of nitrogens with zero attached hydrogens (tertiary/aromatic N) is 2. The molecule has 5 rings (SSSR count). The molecular formula is C25H22N2O5. The fourth-order valence-corrected chi connectivity index (χ4v) is 4.34. The van der Waals surface area contributed by atoms with Gasteiger partial charge in [0, 0.05) is 0 Å². The molecule has 2 amide bonds. The van der Waals surface area contributed by atoms with E-state index in [1.807, 2.05) is 54.6 Å². The fraction of sp³-hybridized carbons (Fsp3) is 0.200. The first-order chi connectivity index (χ1) is 15.6. The molecule has 7 nitrogen and oxygen atoms in total. The van der Waals surface area contributed by atoms with Gasteiger partial charge in [0.1, 0.15) is 17.4 Å². The molecule has 2 aliphatic rings. The monoisotopic (exact) mass is 430 g/mol. The van der Waals surface area contributed by atoms with Gasteiger partial charge in [0.15, 0.2) is 6.10 Å². The van der Waals surface area contributed by atoms with Crippen molar-refractivity contribution in [2.45, 2.75) is 12.1 Å². The van der Waals surface area contributed by atoms with Gasteiger partial charge in [0.25, 0.3) is 5.91 Å². The summed E-state index contributed by atoms with van der Waals surface area (Å²) in [5.74, 6) is 0.0958. The molecule has 2 saturated heterocycles. The number of hydrogen-bond acceptors (Lipinski definition) is 6. The van der Waals surface area contributed by atoms with Crippen molar-refractivity contribution in [3.8, 4) is 11.5 Å². The van der Waals surface area contributed by atoms with E-state index in [0.29, 0.717) is 17.2 Å². The lowest BCUT2D eigenvalue weighted by molar-refractivity contribution is -0.126. The summed E-state index contributed by atoms with van der Waals surface area (Å²) >= 11 is 0. The summed E-state index contributed by atoms with van der Waals surface area (Å²) in [6.07, 6.45) is -0.906. The Kier molecular flexibility index (Phi) is 5.03. The summed E-state index contributed by atoms with van der Waals surface area (Å²) in [5, 5.41) is 1.66. The minimum absolute atomic E-state index is 0.275. The molecule has 32 heavy (non-hydrogen) atoms. The summed E-state index contributed by atoms with van der Waals surface area (Å²) in [6, 6.07) is 23.3. The minimum Gasteiger partial charge on any atom is -0.497 e. The Morgan fingerprint density at radius 1 is 0.719 bits per heavy atom. The van der Waals surface area contributed by atoms with Gasteiger partial charge in [0.2, 0.25) is 5.91 Å². The minimum atomic E-state index is -0.906. The molecule has 162 valence electrons. The van der Waals surface area contributed by atoms with Crippen molar-refractivity contribution < 1.29 is 23.9 Å². The standard InChI is InChI=1S/C25H22N2O5/c1-30-19-12-8-16(9-13-19)22-21-23(32-27(22)18-10-14-20(31-2)15-11-18)25(29)26(24(21)28)17-6-4-3-5-7-17/h3-15,21-23H,1-2H3/t21-,22-,23-/m0/s1. The molecule has 0 unspecified atom stereocenters. The van der Waals surface area contributed by atoms with Gasteiger partial charge in [-0.3, -0.25) is 14.4 Å². The first kappa shape index (κ1) is 20.1. The predicted octanol–water partition coefficient (Wildman–Crippen LogP) is 3.75. The lowest BCUT2D eigenvalue weighted by Gasteiger charge is -2.29. The first-order valence-electron chi connectivity index (χ1n) is 10.3. The van der Waals surface area contributed by atoms with Crippen LogP contribution in [0, 0.1) is 5.92 Å². The van der Waals surface area contributed by atoms with Gasteiger partial charge in [-0.05, 0) is 54.1 Å². The molecule has 0 aliphatic carbocycles. The van der Waals surface area contributed by atoms with Crippen molar-refractivity contribution in [3.05, 3.63) is 84.4 Å². The van der Waals surface area contributed by atoms with Gasteiger partial charge in [0.05, 0.1) is 31.6 Å². The molecule has 3 atom stereocenters. The number of hydrogen-bond donors (Lipinski definition) is 0. The predicted molar refractivity (Wildman–Crippen MR) is 119 cm³/mol. The van der Waals surface area contributed by atoms with Gasteiger partial charge >= 0.3 is 0 Å². The van der Waals surface area contributed by atoms with Crippen LogP contribution in [0.4, 0.5) is 11.4 Å². The lowest BCUT2D eigenvalue weighted by Crippen LogP contribution is -2.37. The third-order valence-electron chi connectivity index (χ3n) is 5.91. The second kappa shape index (κ2) is 8.01. The summed E-state index contributed by atoms with van der Waals surface area (Å²) in [6.45, 7) is 0. The van der Waals surface area contributed by atoms with Crippen LogP contribution in [0.1, 0.15) is 11.6 Å². The van der Waals surface area contributed by atoms with Crippen molar-refractivity contribution in [1.29, 1.82) is 0 Å². The highest BCUT2D eigenvalue weighted by Gasteiger charge is 2.60. The van der Waals surface area contributed by atoms with Crippen LogP contribution in [0.15, 0.2) is 78.9 Å². The van der Waals surface area contributed by atoms with E-state index in [2.05, 4.69) is 0 Å². The van der Waals surface area contributed by atoms with Crippen molar-refractivity contribution in [2.75, 3.05) is 24.2 Å². The number of carbonyl (C=O) groups excluding carboxylic acids is 2. The van der Waals surface area contributed by atoms with Crippen LogP contribution in [-0.2, 0) is 14.4 Å². The van der Waals surface area contributed by atoms with E-state index in [9.17, 15) is 9.59 Å². The second-order valence-electron chi connectivity index (χ2n) is 7.64. The maximum absolute atomic E-state index is 13.5. The summed E-state index contributed by atoms with van der Waals surface area (Å²) in [4.78, 5) is 34.2. The summed E-state index contributed by atoms with van der Waals surface area (Å²) < 4.78 is 10.5. The van der Waals surface area contributed by atoms with Gasteiger partial charge in [-0.1, -0.05) is 30.3 Å². The maximum Gasteiger partial charge on any atom is 0.266 e. The molecule has 2 fully saturated rings. The number of para-hydroxylation sites is 1. The van der Waals surface area contributed by atoms with E-state index in [1.165, 1.54) is 4.90 Å². The number of benzene rings is 3. The number of carbonyl (C=O) groups is 2. The average molecular weight is 430 g/mol. The van der Waals surface area contributed by atoms with E-state index in [1.54, 1.807) is 43.5 Å². The van der Waals surface area contributed by atoms with Crippen LogP contribution in [0.3, 0.4) is 0 Å². The Hall–Kier alpha value is -3.84. The molecule has 7 heteroatoms. The molecule has 2 heterocycles. The lowest BCUT2D eigenvalue weighted by atomic mass is 9.90. The molecule has 0 spiro atoms. The zero-order valence-corrected chi connectivity index (χ0v) is 17.7. The number of fused-ring (bicyclic) bond motifs is 1. The third-order valence-corrected chi connectivity index (χ3v) is 5.91. The van der Waals surface area contributed by atoms with Crippen LogP contribution >= 0.6 is 0 Å². The molecule has 0 radical (unpaired) electrons. The van der Waals surface area contributed by atoms with E-state index in [-0.39, 0.29) is 11.8 Å². The van der Waals surface area contributed by atoms with Crippen molar-refractivity contribution in [3.63, 3.8) is 0 Å². The number of ether oxygens (including phenoxy) is 2. The first-order valence-corrected chi connectivity index (χ1v) is 10.3. The third kappa shape index (κ3) is 3.18. The Balaban J connectivity index is 1.56. The zero-order valence-electron chi connectivity index (χ0n) is 17.7. The molecule has 0 aromatic heterocycles. The molecular weight excluding hydrogens is 408 g/mol. The highest BCUT2D eigenvalue weighted by molar-refractivity contribution is 6.23. The van der Waals surface area contributed by atoms with Gasteiger partial charge in [-0.25, -0.2) is 9.96 Å². The Morgan fingerprint density at radius 2 is 1.31 bits per heavy atom. The molecule has 0 saturated carbocycles. The molecule has 0 bridgehead atoms. The van der Waals surface area contributed by atoms with Crippen molar-refractivity contribution >= 4 is 23.2 Å². The van der Waals surface area contributed by atoms with Crippen molar-refractivity contribution in [2.24, 2.45) is 5.92 Å². The summed E-state index contributed by atoms with van der Waals surface area (Å²) in [7, 11) is 3.20. The molecule has 0 N–H and O–H groups in total. The van der Waals surface area contributed by atoms with Crippen LogP contribution in [0.5, 0.6) is 11.5 Å². The van der Waals surface area contributed by atoms with Gasteiger partial charge in [-0.15, -0.1) is 0 Å². The molecule has 3 aromatic rings. The van der Waals surface area contributed by atoms with E-state index >= 15 is 0 Å². The largest absolute Gasteiger partial charge is 0.497 e. The smallest absolute Gasteiger partial charge is 0.266 e. The van der Waals surface area contributed by atoms with Crippen LogP contribution in [0.25, 0.3) is 0 Å². The number of anilines is 2.